The Morgan fingerprint density at radius 2 is 2.06 bits per heavy atom. The molecule has 0 saturated carbocycles. The molecule has 2 unspecified atom stereocenters. The number of benzene rings is 2. The molecule has 3 heterocycles. The van der Waals surface area contributed by atoms with Gasteiger partial charge in [0.2, 0.25) is 5.82 Å². The first-order chi connectivity index (χ1) is 16.9. The van der Waals surface area contributed by atoms with E-state index in [0.29, 0.717) is 47.1 Å². The molecule has 0 spiro atoms. The molecule has 2 atom stereocenters. The number of carbonyl (C=O) groups excluding carboxylic acids is 1. The largest absolute Gasteiger partial charge is 0.504 e. The summed E-state index contributed by atoms with van der Waals surface area (Å²) >= 11 is 0. The molecule has 0 bridgehead atoms. The molecular formula is C25H25FN4O5. The van der Waals surface area contributed by atoms with Crippen LogP contribution >= 0.6 is 0 Å². The van der Waals surface area contributed by atoms with Crippen LogP contribution < -0.4 is 10.1 Å². The normalized spacial score (nSPS) is 20.3. The maximum absolute atomic E-state index is 13.4. The highest BCUT2D eigenvalue weighted by Crippen LogP contribution is 2.40. The maximum atomic E-state index is 13.4. The first-order valence-electron chi connectivity index (χ1n) is 11.3. The van der Waals surface area contributed by atoms with E-state index in [9.17, 15) is 14.3 Å². The number of aromatic hydroxyl groups is 1. The van der Waals surface area contributed by atoms with Crippen molar-refractivity contribution in [2.24, 2.45) is 0 Å². The molecule has 9 nitrogen and oxygen atoms in total. The molecule has 2 aliphatic rings. The van der Waals surface area contributed by atoms with E-state index in [2.05, 4.69) is 15.5 Å². The number of carbonyl (C=O) groups is 1. The van der Waals surface area contributed by atoms with Crippen molar-refractivity contribution in [1.82, 2.24) is 20.4 Å². The van der Waals surface area contributed by atoms with Gasteiger partial charge in [-0.25, -0.2) is 9.18 Å². The molecule has 10 heteroatoms. The number of amides is 2. The van der Waals surface area contributed by atoms with Crippen LogP contribution in [0.25, 0.3) is 17.0 Å². The highest BCUT2D eigenvalue weighted by molar-refractivity contribution is 5.87. The Morgan fingerprint density at radius 3 is 2.74 bits per heavy atom. The lowest BCUT2D eigenvalue weighted by molar-refractivity contribution is 0.0877. The molecule has 0 radical (unpaired) electrons. The van der Waals surface area contributed by atoms with Gasteiger partial charge in [0.05, 0.1) is 31.4 Å². The zero-order valence-electron chi connectivity index (χ0n) is 19.3. The minimum absolute atomic E-state index is 0.0593. The molecule has 1 aromatic heterocycles. The van der Waals surface area contributed by atoms with Crippen LogP contribution in [-0.2, 0) is 4.74 Å². The van der Waals surface area contributed by atoms with Crippen molar-refractivity contribution in [1.29, 1.82) is 0 Å². The van der Waals surface area contributed by atoms with Crippen LogP contribution in [0.5, 0.6) is 11.5 Å². The van der Waals surface area contributed by atoms with Crippen molar-refractivity contribution in [2.45, 2.75) is 31.9 Å². The maximum Gasteiger partial charge on any atom is 0.322 e. The number of nitrogens with zero attached hydrogens (tertiary/aromatic N) is 3. The Labute approximate surface area is 201 Å². The number of halogens is 1. The number of ether oxygens (including phenoxy) is 2. The minimum atomic E-state index is -0.665. The van der Waals surface area contributed by atoms with E-state index in [0.717, 1.165) is 12.8 Å². The van der Waals surface area contributed by atoms with E-state index in [1.54, 1.807) is 29.2 Å². The van der Waals surface area contributed by atoms with Gasteiger partial charge in [0.1, 0.15) is 5.82 Å². The zero-order chi connectivity index (χ0) is 24.5. The van der Waals surface area contributed by atoms with Crippen molar-refractivity contribution in [3.05, 3.63) is 65.4 Å². The summed E-state index contributed by atoms with van der Waals surface area (Å²) < 4.78 is 29.9. The summed E-state index contributed by atoms with van der Waals surface area (Å²) in [5, 5.41) is 17.4. The Balaban J connectivity index is 1.57. The molecule has 2 N–H and O–H groups in total. The Kier molecular flexibility index (Phi) is 6.12. The molecule has 2 amide bonds. The van der Waals surface area contributed by atoms with Gasteiger partial charge >= 0.3 is 6.03 Å². The molecule has 2 aromatic carbocycles. The van der Waals surface area contributed by atoms with E-state index in [1.165, 1.54) is 25.3 Å². The molecule has 35 heavy (non-hydrogen) atoms. The van der Waals surface area contributed by atoms with Gasteiger partial charge < -0.3 is 24.4 Å². The van der Waals surface area contributed by atoms with Gasteiger partial charge in [-0.05, 0) is 61.7 Å². The quantitative estimate of drug-likeness (QED) is 0.542. The molecule has 5 rings (SSSR count). The number of phenols is 1. The zero-order valence-corrected chi connectivity index (χ0v) is 19.3. The third-order valence-corrected chi connectivity index (χ3v) is 6.30. The van der Waals surface area contributed by atoms with Gasteiger partial charge in [0.25, 0.3) is 5.89 Å². The Morgan fingerprint density at radius 1 is 1.26 bits per heavy atom. The van der Waals surface area contributed by atoms with Gasteiger partial charge in [-0.2, -0.15) is 4.98 Å². The lowest BCUT2D eigenvalue weighted by Crippen LogP contribution is -2.48. The second-order valence-corrected chi connectivity index (χ2v) is 8.49. The van der Waals surface area contributed by atoms with Crippen molar-refractivity contribution >= 4 is 11.6 Å². The van der Waals surface area contributed by atoms with Gasteiger partial charge in [-0.15, -0.1) is 0 Å². The van der Waals surface area contributed by atoms with Gasteiger partial charge in [0, 0.05) is 17.9 Å². The van der Waals surface area contributed by atoms with Crippen molar-refractivity contribution in [2.75, 3.05) is 20.3 Å². The number of methoxy groups -OCH3 is 1. The van der Waals surface area contributed by atoms with Gasteiger partial charge in [-0.3, -0.25) is 4.90 Å². The molecule has 1 fully saturated rings. The van der Waals surface area contributed by atoms with E-state index in [-0.39, 0.29) is 29.6 Å². The fraction of sp³-hybridized carbons (Fsp3) is 0.320. The second kappa shape index (κ2) is 9.38. The van der Waals surface area contributed by atoms with E-state index < -0.39 is 6.04 Å². The standard InChI is InChI=1S/C25H25FN4O5/c1-14-21(24-28-23(29-35-24)15-5-8-17(26)9-6-15)22(16-7-10-20(33-2)19(31)12-16)27-25(32)30(14)13-18-4-3-11-34-18/h5-10,12,18,22,31H,3-4,11,13H2,1-2H3,(H,27,32). The summed E-state index contributed by atoms with van der Waals surface area (Å²) in [6, 6.07) is 9.73. The number of nitrogens with one attached hydrogen (secondary N) is 1. The fourth-order valence-electron chi connectivity index (χ4n) is 4.46. The van der Waals surface area contributed by atoms with Crippen LogP contribution in [0.15, 0.2) is 52.7 Å². The predicted molar refractivity (Wildman–Crippen MR) is 124 cm³/mol. The number of allylic oxidation sites excluding steroid dienone is 1. The number of hydrogen-bond acceptors (Lipinski definition) is 7. The summed E-state index contributed by atoms with van der Waals surface area (Å²) in [6.07, 6.45) is 1.77. The average Bonchev–Trinajstić information content (AvgIpc) is 3.54. The fourth-order valence-corrected chi connectivity index (χ4v) is 4.46. The number of urea groups is 1. The second-order valence-electron chi connectivity index (χ2n) is 8.49. The van der Waals surface area contributed by atoms with Gasteiger partial charge in [0.15, 0.2) is 11.5 Å². The Hall–Kier alpha value is -3.92. The summed E-state index contributed by atoms with van der Waals surface area (Å²) in [7, 11) is 1.46. The third kappa shape index (κ3) is 4.44. The van der Waals surface area contributed by atoms with E-state index in [1.807, 2.05) is 6.92 Å². The van der Waals surface area contributed by atoms with Gasteiger partial charge in [-0.1, -0.05) is 11.2 Å². The van der Waals surface area contributed by atoms with Crippen molar-refractivity contribution in [3.63, 3.8) is 0 Å². The van der Waals surface area contributed by atoms with E-state index >= 15 is 0 Å². The van der Waals surface area contributed by atoms with Crippen LogP contribution in [0.1, 0.15) is 37.3 Å². The first kappa shape index (κ1) is 22.9. The van der Waals surface area contributed by atoms with Crippen molar-refractivity contribution < 1.29 is 28.3 Å². The molecule has 1 saturated heterocycles. The molecule has 2 aliphatic heterocycles. The smallest absolute Gasteiger partial charge is 0.322 e. The first-order valence-corrected chi connectivity index (χ1v) is 11.3. The molecule has 3 aromatic rings. The topological polar surface area (TPSA) is 110 Å². The highest BCUT2D eigenvalue weighted by atomic mass is 19.1. The molecular weight excluding hydrogens is 455 g/mol. The van der Waals surface area contributed by atoms with Crippen LogP contribution in [0.3, 0.4) is 0 Å². The van der Waals surface area contributed by atoms with E-state index in [4.69, 9.17) is 14.0 Å². The third-order valence-electron chi connectivity index (χ3n) is 6.30. The number of phenolic OH excluding ortho intramolecular Hbond substituents is 1. The summed E-state index contributed by atoms with van der Waals surface area (Å²) in [5.41, 5.74) is 2.44. The number of aromatic nitrogens is 2. The highest BCUT2D eigenvalue weighted by Gasteiger charge is 2.37. The van der Waals surface area contributed by atoms with Crippen molar-refractivity contribution in [3.8, 4) is 22.9 Å². The summed E-state index contributed by atoms with van der Waals surface area (Å²) in [4.78, 5) is 19.3. The lowest BCUT2D eigenvalue weighted by Gasteiger charge is -2.36. The monoisotopic (exact) mass is 480 g/mol. The number of rotatable bonds is 6. The van der Waals surface area contributed by atoms with Crippen LogP contribution in [0.4, 0.5) is 9.18 Å². The molecule has 182 valence electrons. The van der Waals surface area contributed by atoms with Crippen LogP contribution in [0, 0.1) is 5.82 Å². The lowest BCUT2D eigenvalue weighted by atomic mass is 9.94. The predicted octanol–water partition coefficient (Wildman–Crippen LogP) is 4.27. The summed E-state index contributed by atoms with van der Waals surface area (Å²) in [5.74, 6) is 0.388. The molecule has 0 aliphatic carbocycles. The average molecular weight is 480 g/mol. The number of hydrogen-bond donors (Lipinski definition) is 2. The minimum Gasteiger partial charge on any atom is -0.504 e. The van der Waals surface area contributed by atoms with Crippen LogP contribution in [-0.4, -0.2) is 52.5 Å². The Bertz CT molecular complexity index is 1270. The summed E-state index contributed by atoms with van der Waals surface area (Å²) in [6.45, 7) is 2.88. The van der Waals surface area contributed by atoms with Crippen LogP contribution in [0.2, 0.25) is 0 Å². The SMILES string of the molecule is COc1ccc(C2NC(=O)N(CC3CCCO3)C(C)=C2c2nc(-c3ccc(F)cc3)no2)cc1O.